The molecule has 6 heteroatoms. The van der Waals surface area contributed by atoms with Gasteiger partial charge in [-0.25, -0.2) is 4.39 Å². The molecule has 2 aromatic carbocycles. The van der Waals surface area contributed by atoms with Gasteiger partial charge in [0.2, 0.25) is 0 Å². The van der Waals surface area contributed by atoms with Gasteiger partial charge in [0.15, 0.2) is 5.11 Å². The summed E-state index contributed by atoms with van der Waals surface area (Å²) in [5.41, 5.74) is 0.383. The summed E-state index contributed by atoms with van der Waals surface area (Å²) >= 11 is 12.8. The third-order valence-corrected chi connectivity index (χ3v) is 4.92. The van der Waals surface area contributed by atoms with Crippen LogP contribution in [0.15, 0.2) is 53.4 Å². The molecule has 0 bridgehead atoms. The molecule has 0 unspecified atom stereocenters. The molecule has 0 aliphatic heterocycles. The highest BCUT2D eigenvalue weighted by atomic mass is 35.5. The highest BCUT2D eigenvalue weighted by Gasteiger charge is 2.06. The molecule has 2 rings (SSSR count). The van der Waals surface area contributed by atoms with Crippen molar-refractivity contribution in [3.8, 4) is 0 Å². The van der Waals surface area contributed by atoms with Gasteiger partial charge in [0.05, 0.1) is 5.69 Å². The van der Waals surface area contributed by atoms with E-state index in [4.69, 9.17) is 23.8 Å². The lowest BCUT2D eigenvalue weighted by Gasteiger charge is -2.15. The number of thiocarbonyl (C=S) groups is 1. The zero-order chi connectivity index (χ0) is 16.7. The van der Waals surface area contributed by atoms with E-state index >= 15 is 0 Å². The highest BCUT2D eigenvalue weighted by molar-refractivity contribution is 7.99. The smallest absolute Gasteiger partial charge is 0.170 e. The second-order valence-electron chi connectivity index (χ2n) is 5.18. The summed E-state index contributed by atoms with van der Waals surface area (Å²) in [7, 11) is 0. The monoisotopic (exact) mass is 368 g/mol. The van der Waals surface area contributed by atoms with Gasteiger partial charge >= 0.3 is 0 Å². The Morgan fingerprint density at radius 1 is 1.22 bits per heavy atom. The Hall–Kier alpha value is -1.30. The van der Waals surface area contributed by atoms with Gasteiger partial charge in [-0.1, -0.05) is 30.7 Å². The Labute approximate surface area is 150 Å². The average Bonchev–Trinajstić information content (AvgIpc) is 2.54. The van der Waals surface area contributed by atoms with Crippen LogP contribution in [0.4, 0.5) is 10.1 Å². The molecule has 2 nitrogen and oxygen atoms in total. The summed E-state index contributed by atoms with van der Waals surface area (Å²) in [6.07, 6.45) is 0. The predicted molar refractivity (Wildman–Crippen MR) is 102 cm³/mol. The van der Waals surface area contributed by atoms with Gasteiger partial charge in [-0.2, -0.15) is 0 Å². The van der Waals surface area contributed by atoms with E-state index in [0.29, 0.717) is 16.7 Å². The van der Waals surface area contributed by atoms with Crippen LogP contribution in [-0.4, -0.2) is 17.4 Å². The lowest BCUT2D eigenvalue weighted by atomic mass is 10.2. The Bertz CT molecular complexity index is 649. The van der Waals surface area contributed by atoms with Crippen LogP contribution in [0.1, 0.15) is 6.92 Å². The Morgan fingerprint density at radius 2 is 1.91 bits per heavy atom. The minimum Gasteiger partial charge on any atom is -0.362 e. The van der Waals surface area contributed by atoms with Crippen LogP contribution in [0.3, 0.4) is 0 Å². The summed E-state index contributed by atoms with van der Waals surface area (Å²) in [6, 6.07) is 14.3. The van der Waals surface area contributed by atoms with Crippen LogP contribution in [0.2, 0.25) is 5.02 Å². The van der Waals surface area contributed by atoms with E-state index < -0.39 is 0 Å². The molecule has 0 saturated heterocycles. The summed E-state index contributed by atoms with van der Waals surface area (Å²) in [5.74, 6) is 1.05. The number of rotatable bonds is 6. The number of para-hydroxylation sites is 1. The molecule has 2 aromatic rings. The number of thioether (sulfide) groups is 1. The van der Waals surface area contributed by atoms with Crippen LogP contribution >= 0.6 is 35.6 Å². The topological polar surface area (TPSA) is 24.1 Å². The van der Waals surface area contributed by atoms with Gasteiger partial charge in [0.1, 0.15) is 5.82 Å². The average molecular weight is 369 g/mol. The first-order valence-corrected chi connectivity index (χ1v) is 8.99. The van der Waals surface area contributed by atoms with E-state index in [0.717, 1.165) is 17.3 Å². The molecule has 0 heterocycles. The maximum Gasteiger partial charge on any atom is 0.170 e. The van der Waals surface area contributed by atoms with Gasteiger partial charge in [-0.3, -0.25) is 0 Å². The predicted octanol–water partition coefficient (Wildman–Crippen LogP) is 5.19. The van der Waals surface area contributed by atoms with E-state index in [9.17, 15) is 4.39 Å². The molecule has 0 aliphatic carbocycles. The van der Waals surface area contributed by atoms with Crippen LogP contribution in [0.5, 0.6) is 0 Å². The zero-order valence-electron chi connectivity index (χ0n) is 12.7. The molecule has 0 aromatic heterocycles. The van der Waals surface area contributed by atoms with Crippen molar-refractivity contribution in [1.82, 2.24) is 5.32 Å². The summed E-state index contributed by atoms with van der Waals surface area (Å²) in [4.78, 5) is 1.19. The summed E-state index contributed by atoms with van der Waals surface area (Å²) in [5, 5.41) is 7.17. The van der Waals surface area contributed by atoms with Crippen LogP contribution in [-0.2, 0) is 0 Å². The van der Waals surface area contributed by atoms with Gasteiger partial charge in [-0.15, -0.1) is 11.8 Å². The minimum atomic E-state index is -0.317. The molecule has 0 radical (unpaired) electrons. The van der Waals surface area contributed by atoms with E-state index in [1.807, 2.05) is 24.3 Å². The number of nitrogens with one attached hydrogen (secondary N) is 2. The lowest BCUT2D eigenvalue weighted by molar-refractivity contribution is 0.629. The molecular weight excluding hydrogens is 351 g/mol. The standard InChI is InChI=1S/C17H18ClFN2S2/c1-12(11-23-14-8-6-13(18)7-9-14)10-20-17(22)21-16-5-3-2-4-15(16)19/h2-9,12H,10-11H2,1H3,(H2,20,21,22)/t12-/m0/s1. The number of hydrogen-bond acceptors (Lipinski definition) is 2. The number of anilines is 1. The molecule has 23 heavy (non-hydrogen) atoms. The Balaban J connectivity index is 1.71. The van der Waals surface area contributed by atoms with E-state index in [1.54, 1.807) is 30.0 Å². The Morgan fingerprint density at radius 3 is 2.61 bits per heavy atom. The van der Waals surface area contributed by atoms with Gasteiger partial charge in [-0.05, 0) is 54.5 Å². The number of benzene rings is 2. The highest BCUT2D eigenvalue weighted by Crippen LogP contribution is 2.22. The van der Waals surface area contributed by atoms with Gasteiger partial charge in [0.25, 0.3) is 0 Å². The molecular formula is C17H18ClFN2S2. The maximum atomic E-state index is 13.5. The van der Waals surface area contributed by atoms with Crippen molar-refractivity contribution in [2.24, 2.45) is 5.92 Å². The van der Waals surface area contributed by atoms with Crippen molar-refractivity contribution in [2.45, 2.75) is 11.8 Å². The summed E-state index contributed by atoms with van der Waals surface area (Å²) < 4.78 is 13.5. The first-order chi connectivity index (χ1) is 11.0. The molecule has 2 N–H and O–H groups in total. The third-order valence-electron chi connectivity index (χ3n) is 3.08. The molecule has 0 amide bonds. The van der Waals surface area contributed by atoms with E-state index in [2.05, 4.69) is 17.6 Å². The zero-order valence-corrected chi connectivity index (χ0v) is 15.1. The molecule has 122 valence electrons. The molecule has 0 aliphatic rings. The van der Waals surface area contributed by atoms with Crippen molar-refractivity contribution in [2.75, 3.05) is 17.6 Å². The molecule has 1 atom stereocenters. The molecule has 0 fully saturated rings. The lowest BCUT2D eigenvalue weighted by Crippen LogP contribution is -2.33. The van der Waals surface area contributed by atoms with Crippen molar-refractivity contribution in [3.05, 3.63) is 59.4 Å². The third kappa shape index (κ3) is 6.37. The van der Waals surface area contributed by atoms with E-state index in [-0.39, 0.29) is 5.82 Å². The maximum absolute atomic E-state index is 13.5. The summed E-state index contributed by atoms with van der Waals surface area (Å²) in [6.45, 7) is 2.86. The second kappa shape index (κ2) is 9.11. The van der Waals surface area contributed by atoms with E-state index in [1.165, 1.54) is 11.0 Å². The van der Waals surface area contributed by atoms with Crippen LogP contribution < -0.4 is 10.6 Å². The minimum absolute atomic E-state index is 0.317. The van der Waals surface area contributed by atoms with Gasteiger partial charge < -0.3 is 10.6 Å². The van der Waals surface area contributed by atoms with Crippen molar-refractivity contribution in [3.63, 3.8) is 0 Å². The fourth-order valence-corrected chi connectivity index (χ4v) is 3.07. The molecule has 0 spiro atoms. The fourth-order valence-electron chi connectivity index (χ4n) is 1.82. The van der Waals surface area contributed by atoms with Crippen molar-refractivity contribution >= 4 is 46.4 Å². The van der Waals surface area contributed by atoms with Crippen LogP contribution in [0, 0.1) is 11.7 Å². The van der Waals surface area contributed by atoms with Crippen molar-refractivity contribution < 1.29 is 4.39 Å². The van der Waals surface area contributed by atoms with Crippen LogP contribution in [0.25, 0.3) is 0 Å². The SMILES string of the molecule is C[C@@H](CNC(=S)Nc1ccccc1F)CSc1ccc(Cl)cc1. The first-order valence-electron chi connectivity index (χ1n) is 7.22. The fraction of sp³-hybridized carbons (Fsp3) is 0.235. The quantitative estimate of drug-likeness (QED) is 0.541. The Kier molecular flexibility index (Phi) is 7.15. The van der Waals surface area contributed by atoms with Gasteiger partial charge in [0, 0.05) is 22.2 Å². The number of hydrogen-bond donors (Lipinski definition) is 2. The second-order valence-corrected chi connectivity index (χ2v) is 7.12. The van der Waals surface area contributed by atoms with Crippen molar-refractivity contribution in [1.29, 1.82) is 0 Å². The molecule has 0 saturated carbocycles. The normalized spacial score (nSPS) is 11.8. The first kappa shape index (κ1) is 18.0. The number of halogens is 2. The largest absolute Gasteiger partial charge is 0.362 e.